The molecule has 1 amide bonds. The van der Waals surface area contributed by atoms with Gasteiger partial charge in [0, 0.05) is 18.8 Å². The van der Waals surface area contributed by atoms with Gasteiger partial charge in [-0.15, -0.1) is 5.10 Å². The summed E-state index contributed by atoms with van der Waals surface area (Å²) in [6, 6.07) is 9.88. The maximum Gasteiger partial charge on any atom is 0.225 e. The van der Waals surface area contributed by atoms with Crippen LogP contribution in [0.5, 0.6) is 0 Å². The highest BCUT2D eigenvalue weighted by atomic mass is 16.3. The Balaban J connectivity index is 1.19. The molecule has 150 valence electrons. The second-order valence-corrected chi connectivity index (χ2v) is 7.88. The fourth-order valence-corrected chi connectivity index (χ4v) is 4.58. The molecule has 8 heteroatoms. The Labute approximate surface area is 168 Å². The van der Waals surface area contributed by atoms with Gasteiger partial charge < -0.3 is 9.73 Å². The Hall–Kier alpha value is -3.00. The van der Waals surface area contributed by atoms with Gasteiger partial charge in [-0.2, -0.15) is 0 Å². The van der Waals surface area contributed by atoms with Gasteiger partial charge >= 0.3 is 0 Å². The SMILES string of the molecule is O=C(NCc1ccco1)C1CN2CCC1CC2Cn1cc(-c2ccccn2)nn1. The molecule has 4 unspecified atom stereocenters. The summed E-state index contributed by atoms with van der Waals surface area (Å²) in [7, 11) is 0. The summed E-state index contributed by atoms with van der Waals surface area (Å²) in [6.07, 6.45) is 7.43. The van der Waals surface area contributed by atoms with Crippen LogP contribution >= 0.6 is 0 Å². The molecule has 3 aromatic heterocycles. The third-order valence-corrected chi connectivity index (χ3v) is 6.10. The number of carbonyl (C=O) groups is 1. The summed E-state index contributed by atoms with van der Waals surface area (Å²) in [6.45, 7) is 3.09. The average Bonchev–Trinajstić information content (AvgIpc) is 3.45. The van der Waals surface area contributed by atoms with E-state index in [1.165, 1.54) is 0 Å². The zero-order chi connectivity index (χ0) is 19.6. The molecule has 0 saturated carbocycles. The van der Waals surface area contributed by atoms with Crippen LogP contribution in [0.3, 0.4) is 0 Å². The minimum atomic E-state index is 0.0507. The summed E-state index contributed by atoms with van der Waals surface area (Å²) in [4.78, 5) is 19.5. The smallest absolute Gasteiger partial charge is 0.225 e. The van der Waals surface area contributed by atoms with Gasteiger partial charge in [-0.25, -0.2) is 0 Å². The quantitative estimate of drug-likeness (QED) is 0.690. The second-order valence-electron chi connectivity index (χ2n) is 7.88. The first-order valence-electron chi connectivity index (χ1n) is 10.1. The van der Waals surface area contributed by atoms with E-state index < -0.39 is 0 Å². The molecule has 2 bridgehead atoms. The van der Waals surface area contributed by atoms with Crippen LogP contribution in [0.25, 0.3) is 11.4 Å². The van der Waals surface area contributed by atoms with Crippen LogP contribution in [0.4, 0.5) is 0 Å². The van der Waals surface area contributed by atoms with Crippen molar-refractivity contribution in [3.8, 4) is 11.4 Å². The van der Waals surface area contributed by atoms with E-state index in [9.17, 15) is 4.79 Å². The van der Waals surface area contributed by atoms with Gasteiger partial charge in [-0.05, 0) is 49.6 Å². The Bertz CT molecular complexity index is 955. The fourth-order valence-electron chi connectivity index (χ4n) is 4.58. The number of pyridine rings is 1. The summed E-state index contributed by atoms with van der Waals surface area (Å²) in [5.74, 6) is 1.38. The van der Waals surface area contributed by atoms with E-state index >= 15 is 0 Å². The number of carbonyl (C=O) groups excluding carboxylic acids is 1. The van der Waals surface area contributed by atoms with Gasteiger partial charge in [-0.3, -0.25) is 19.4 Å². The van der Waals surface area contributed by atoms with Crippen molar-refractivity contribution in [1.29, 1.82) is 0 Å². The Morgan fingerprint density at radius 3 is 2.97 bits per heavy atom. The molecule has 29 heavy (non-hydrogen) atoms. The number of furan rings is 1. The maximum atomic E-state index is 12.7. The average molecular weight is 392 g/mol. The van der Waals surface area contributed by atoms with Crippen LogP contribution in [-0.4, -0.2) is 49.9 Å². The normalized spacial score (nSPS) is 25.8. The van der Waals surface area contributed by atoms with E-state index in [1.807, 2.05) is 41.2 Å². The molecule has 3 aliphatic rings. The first-order valence-corrected chi connectivity index (χ1v) is 10.1. The molecule has 0 spiro atoms. The van der Waals surface area contributed by atoms with Crippen molar-refractivity contribution in [2.75, 3.05) is 13.1 Å². The first-order chi connectivity index (χ1) is 14.3. The molecule has 1 N–H and O–H groups in total. The molecule has 3 aromatic rings. The monoisotopic (exact) mass is 392 g/mol. The van der Waals surface area contributed by atoms with Gasteiger partial charge in [0.1, 0.15) is 11.5 Å². The van der Waals surface area contributed by atoms with Crippen LogP contribution in [0.15, 0.2) is 53.4 Å². The van der Waals surface area contributed by atoms with Crippen molar-refractivity contribution in [2.24, 2.45) is 11.8 Å². The highest BCUT2D eigenvalue weighted by Crippen LogP contribution is 2.37. The predicted octanol–water partition coefficient (Wildman–Crippen LogP) is 1.96. The zero-order valence-corrected chi connectivity index (χ0v) is 16.1. The van der Waals surface area contributed by atoms with E-state index in [-0.39, 0.29) is 11.8 Å². The standard InChI is InChI=1S/C21H24N6O2/c28-21(23-11-17-4-3-9-29-17)18-13-26-8-6-15(18)10-16(26)12-27-14-20(24-25-27)19-5-1-2-7-22-19/h1-5,7,9,14-16,18H,6,8,10-13H2,(H,23,28). The topological polar surface area (TPSA) is 89.1 Å². The molecule has 6 heterocycles. The summed E-state index contributed by atoms with van der Waals surface area (Å²) >= 11 is 0. The van der Waals surface area contributed by atoms with Gasteiger partial charge in [0.15, 0.2) is 0 Å². The lowest BCUT2D eigenvalue weighted by atomic mass is 9.75. The number of nitrogens with zero attached hydrogens (tertiary/aromatic N) is 5. The van der Waals surface area contributed by atoms with Crippen molar-refractivity contribution in [3.63, 3.8) is 0 Å². The Morgan fingerprint density at radius 1 is 1.24 bits per heavy atom. The largest absolute Gasteiger partial charge is 0.467 e. The lowest BCUT2D eigenvalue weighted by Crippen LogP contribution is -2.57. The zero-order valence-electron chi connectivity index (χ0n) is 16.1. The third-order valence-electron chi connectivity index (χ3n) is 6.10. The molecule has 0 radical (unpaired) electrons. The summed E-state index contributed by atoms with van der Waals surface area (Å²) in [5.41, 5.74) is 1.62. The van der Waals surface area contributed by atoms with Crippen molar-refractivity contribution in [1.82, 2.24) is 30.2 Å². The van der Waals surface area contributed by atoms with E-state index in [0.717, 1.165) is 49.6 Å². The highest BCUT2D eigenvalue weighted by molar-refractivity contribution is 5.79. The molecule has 8 nitrogen and oxygen atoms in total. The van der Waals surface area contributed by atoms with E-state index in [2.05, 4.69) is 25.5 Å². The van der Waals surface area contributed by atoms with E-state index in [4.69, 9.17) is 4.42 Å². The van der Waals surface area contributed by atoms with Gasteiger partial charge in [0.05, 0.1) is 37.2 Å². The van der Waals surface area contributed by atoms with Crippen LogP contribution < -0.4 is 5.32 Å². The van der Waals surface area contributed by atoms with E-state index in [0.29, 0.717) is 18.5 Å². The number of amides is 1. The van der Waals surface area contributed by atoms with Crippen LogP contribution in [0.1, 0.15) is 18.6 Å². The number of fused-ring (bicyclic) bond motifs is 3. The van der Waals surface area contributed by atoms with Crippen LogP contribution in [-0.2, 0) is 17.9 Å². The van der Waals surface area contributed by atoms with E-state index in [1.54, 1.807) is 12.5 Å². The molecule has 3 saturated heterocycles. The number of nitrogens with one attached hydrogen (secondary N) is 1. The molecule has 3 aliphatic heterocycles. The summed E-state index contributed by atoms with van der Waals surface area (Å²) < 4.78 is 7.21. The molecule has 4 atom stereocenters. The molecular weight excluding hydrogens is 368 g/mol. The number of hydrogen-bond acceptors (Lipinski definition) is 6. The molecule has 0 aromatic carbocycles. The van der Waals surface area contributed by atoms with Crippen molar-refractivity contribution in [3.05, 3.63) is 54.7 Å². The van der Waals surface area contributed by atoms with Crippen molar-refractivity contribution >= 4 is 5.91 Å². The first kappa shape index (κ1) is 18.1. The third kappa shape index (κ3) is 3.80. The highest BCUT2D eigenvalue weighted by Gasteiger charge is 2.43. The number of aromatic nitrogens is 4. The lowest BCUT2D eigenvalue weighted by Gasteiger charge is -2.49. The minimum absolute atomic E-state index is 0.0507. The second kappa shape index (κ2) is 7.79. The number of rotatable bonds is 6. The molecule has 3 fully saturated rings. The Morgan fingerprint density at radius 2 is 2.21 bits per heavy atom. The van der Waals surface area contributed by atoms with Crippen molar-refractivity contribution < 1.29 is 9.21 Å². The molecule has 0 aliphatic carbocycles. The number of hydrogen-bond donors (Lipinski definition) is 1. The summed E-state index contributed by atoms with van der Waals surface area (Å²) in [5, 5.41) is 11.6. The predicted molar refractivity (Wildman–Crippen MR) is 105 cm³/mol. The van der Waals surface area contributed by atoms with Gasteiger partial charge in [0.2, 0.25) is 5.91 Å². The van der Waals surface area contributed by atoms with Gasteiger partial charge in [-0.1, -0.05) is 11.3 Å². The van der Waals surface area contributed by atoms with Crippen LogP contribution in [0, 0.1) is 11.8 Å². The maximum absolute atomic E-state index is 12.7. The Kier molecular flexibility index (Phi) is 4.85. The number of piperidine rings is 3. The van der Waals surface area contributed by atoms with Gasteiger partial charge in [0.25, 0.3) is 0 Å². The fraction of sp³-hybridized carbons (Fsp3) is 0.429. The van der Waals surface area contributed by atoms with Crippen LogP contribution in [0.2, 0.25) is 0 Å². The molecular formula is C21H24N6O2. The van der Waals surface area contributed by atoms with Crippen molar-refractivity contribution in [2.45, 2.75) is 32.0 Å². The lowest BCUT2D eigenvalue weighted by molar-refractivity contribution is -0.133. The minimum Gasteiger partial charge on any atom is -0.467 e. The molecule has 6 rings (SSSR count).